The molecule has 3 unspecified atom stereocenters. The maximum Gasteiger partial charge on any atom is 0.228 e. The van der Waals surface area contributed by atoms with Crippen molar-refractivity contribution in [2.75, 3.05) is 20.2 Å². The minimum Gasteiger partial charge on any atom is -0.394 e. The number of carbonyl (C=O) groups is 1. The summed E-state index contributed by atoms with van der Waals surface area (Å²) in [5.41, 5.74) is 7.03. The Morgan fingerprint density at radius 2 is 2.25 bits per heavy atom. The van der Waals surface area contributed by atoms with Crippen molar-refractivity contribution in [2.45, 2.75) is 51.2 Å². The van der Waals surface area contributed by atoms with Crippen LogP contribution in [0.1, 0.15) is 36.6 Å². The van der Waals surface area contributed by atoms with Gasteiger partial charge in [-0.1, -0.05) is 25.1 Å². The molecule has 0 bridgehead atoms. The number of aryl methyl sites for hydroxylation is 1. The molecule has 148 valence electrons. The lowest BCUT2D eigenvalue weighted by atomic mass is 9.79. The van der Waals surface area contributed by atoms with Crippen LogP contribution >= 0.6 is 0 Å². The molecule has 1 aliphatic carbocycles. The van der Waals surface area contributed by atoms with Gasteiger partial charge < -0.3 is 15.0 Å². The summed E-state index contributed by atoms with van der Waals surface area (Å²) in [4.78, 5) is 15.2. The lowest BCUT2D eigenvalue weighted by Gasteiger charge is -2.40. The largest absolute Gasteiger partial charge is 0.394 e. The Bertz CT molecular complexity index is 970. The molecular formula is C23H29N3O2. The number of carbonyl (C=O) groups excluding carboxylic acids is 1. The number of hydrogen-bond donors (Lipinski definition) is 2. The summed E-state index contributed by atoms with van der Waals surface area (Å²) < 4.78 is 2.52. The molecule has 5 heteroatoms. The maximum absolute atomic E-state index is 12.9. The topological polar surface area (TPSA) is 57.5 Å². The number of aliphatic hydroxyl groups is 1. The molecule has 1 aromatic carbocycles. The summed E-state index contributed by atoms with van der Waals surface area (Å²) in [6.45, 7) is 3.82. The number of amides is 1. The summed E-state index contributed by atoms with van der Waals surface area (Å²) >= 11 is 0. The van der Waals surface area contributed by atoms with Gasteiger partial charge in [0.25, 0.3) is 0 Å². The van der Waals surface area contributed by atoms with Crippen molar-refractivity contribution in [1.82, 2.24) is 14.8 Å². The van der Waals surface area contributed by atoms with Gasteiger partial charge >= 0.3 is 0 Å². The quantitative estimate of drug-likeness (QED) is 0.857. The van der Waals surface area contributed by atoms with E-state index >= 15 is 0 Å². The highest BCUT2D eigenvalue weighted by molar-refractivity contribution is 6.00. The molecule has 0 fully saturated rings. The van der Waals surface area contributed by atoms with Gasteiger partial charge in [0.2, 0.25) is 5.91 Å². The number of nitrogens with one attached hydrogen (secondary N) is 1. The molecule has 5 rings (SSSR count). The second-order valence-corrected chi connectivity index (χ2v) is 8.56. The smallest absolute Gasteiger partial charge is 0.228 e. The van der Waals surface area contributed by atoms with Crippen molar-refractivity contribution >= 4 is 22.4 Å². The third-order valence-electron chi connectivity index (χ3n) is 6.97. The number of hydrogen-bond acceptors (Lipinski definition) is 3. The number of rotatable bonds is 4. The SMILES string of the molecule is CCC(CO)NC(=O)C1C=C2c3cccc4c3c(c3n4CCC3)CC2N(C)C1. The van der Waals surface area contributed by atoms with Crippen LogP contribution in [0.2, 0.25) is 0 Å². The fraction of sp³-hybridized carbons (Fsp3) is 0.522. The Morgan fingerprint density at radius 1 is 1.39 bits per heavy atom. The number of nitrogens with zero attached hydrogens (tertiary/aromatic N) is 2. The number of aromatic nitrogens is 1. The van der Waals surface area contributed by atoms with Crippen LogP contribution in [0.5, 0.6) is 0 Å². The van der Waals surface area contributed by atoms with Crippen LogP contribution in [-0.4, -0.2) is 52.8 Å². The van der Waals surface area contributed by atoms with Gasteiger partial charge in [-0.15, -0.1) is 0 Å². The van der Waals surface area contributed by atoms with Gasteiger partial charge in [0, 0.05) is 35.7 Å². The Balaban J connectivity index is 1.57. The van der Waals surface area contributed by atoms with Gasteiger partial charge in [-0.3, -0.25) is 9.69 Å². The van der Waals surface area contributed by atoms with Crippen molar-refractivity contribution in [2.24, 2.45) is 5.92 Å². The standard InChI is InChI=1S/C23H29N3O2/c1-3-15(13-27)24-23(28)14-10-17-16-6-4-7-20-22(16)18(11-21(17)25(2)12-14)19-8-5-9-26(19)20/h4,6-7,10,14-15,21,27H,3,5,8-9,11-13H2,1-2H3,(H,24,28). The Kier molecular flexibility index (Phi) is 4.33. The molecule has 0 saturated heterocycles. The predicted molar refractivity (Wildman–Crippen MR) is 111 cm³/mol. The van der Waals surface area contributed by atoms with E-state index < -0.39 is 0 Å². The van der Waals surface area contributed by atoms with Gasteiger partial charge in [-0.05, 0) is 55.5 Å². The van der Waals surface area contributed by atoms with E-state index in [0.717, 1.165) is 25.9 Å². The zero-order chi connectivity index (χ0) is 19.4. The van der Waals surface area contributed by atoms with E-state index in [1.54, 1.807) is 0 Å². The van der Waals surface area contributed by atoms with Gasteiger partial charge in [0.1, 0.15) is 0 Å². The van der Waals surface area contributed by atoms with E-state index in [1.807, 2.05) is 6.92 Å². The molecule has 0 saturated carbocycles. The number of benzene rings is 1. The van der Waals surface area contributed by atoms with Crippen molar-refractivity contribution in [3.63, 3.8) is 0 Å². The molecule has 3 atom stereocenters. The predicted octanol–water partition coefficient (Wildman–Crippen LogP) is 2.34. The first-order chi connectivity index (χ1) is 13.6. The van der Waals surface area contributed by atoms with E-state index in [1.165, 1.54) is 46.1 Å². The maximum atomic E-state index is 12.9. The van der Waals surface area contributed by atoms with Crippen molar-refractivity contribution in [3.05, 3.63) is 41.1 Å². The average Bonchev–Trinajstić information content (AvgIpc) is 3.30. The molecule has 3 aliphatic rings. The molecule has 5 nitrogen and oxygen atoms in total. The number of likely N-dealkylation sites (N-methyl/N-ethyl adjacent to an activating group) is 1. The second kappa shape index (κ2) is 6.75. The van der Waals surface area contributed by atoms with Gasteiger partial charge in [0.05, 0.1) is 18.6 Å². The molecule has 28 heavy (non-hydrogen) atoms. The summed E-state index contributed by atoms with van der Waals surface area (Å²) in [5.74, 6) is -0.154. The van der Waals surface area contributed by atoms with Crippen molar-refractivity contribution in [1.29, 1.82) is 0 Å². The summed E-state index contributed by atoms with van der Waals surface area (Å²) in [5, 5.41) is 13.9. The molecule has 3 heterocycles. The Labute approximate surface area is 166 Å². The molecule has 0 radical (unpaired) electrons. The zero-order valence-corrected chi connectivity index (χ0v) is 16.7. The van der Waals surface area contributed by atoms with Crippen LogP contribution < -0.4 is 5.32 Å². The zero-order valence-electron chi connectivity index (χ0n) is 16.7. The highest BCUT2D eigenvalue weighted by Gasteiger charge is 2.38. The monoisotopic (exact) mass is 379 g/mol. The molecule has 2 aromatic rings. The summed E-state index contributed by atoms with van der Waals surface area (Å²) in [7, 11) is 2.14. The first-order valence-electron chi connectivity index (χ1n) is 10.6. The third kappa shape index (κ3) is 2.56. The lowest BCUT2D eigenvalue weighted by molar-refractivity contribution is -0.125. The normalized spacial score (nSPS) is 24.6. The van der Waals surface area contributed by atoms with Gasteiger partial charge in [-0.25, -0.2) is 0 Å². The van der Waals surface area contributed by atoms with Crippen LogP contribution in [0.4, 0.5) is 0 Å². The molecule has 0 spiro atoms. The molecular weight excluding hydrogens is 350 g/mol. The van der Waals surface area contributed by atoms with E-state index in [-0.39, 0.29) is 24.5 Å². The highest BCUT2D eigenvalue weighted by atomic mass is 16.3. The first-order valence-corrected chi connectivity index (χ1v) is 10.6. The first kappa shape index (κ1) is 18.0. The summed E-state index contributed by atoms with van der Waals surface area (Å²) in [6, 6.07) is 6.83. The van der Waals surface area contributed by atoms with Gasteiger partial charge in [-0.2, -0.15) is 0 Å². The molecule has 2 N–H and O–H groups in total. The summed E-state index contributed by atoms with van der Waals surface area (Å²) in [6.07, 6.45) is 6.41. The minimum atomic E-state index is -0.178. The van der Waals surface area contributed by atoms with Crippen molar-refractivity contribution < 1.29 is 9.90 Å². The highest BCUT2D eigenvalue weighted by Crippen LogP contribution is 2.44. The third-order valence-corrected chi connectivity index (χ3v) is 6.97. The minimum absolute atomic E-state index is 0.0110. The average molecular weight is 380 g/mol. The lowest BCUT2D eigenvalue weighted by Crippen LogP contribution is -2.48. The number of fused-ring (bicyclic) bond motifs is 5. The van der Waals surface area contributed by atoms with Crippen molar-refractivity contribution in [3.8, 4) is 0 Å². The van der Waals surface area contributed by atoms with E-state index in [4.69, 9.17) is 0 Å². The fourth-order valence-corrected chi connectivity index (χ4v) is 5.47. The molecule has 1 amide bonds. The van der Waals surface area contributed by atoms with Crippen LogP contribution in [0.25, 0.3) is 16.5 Å². The Morgan fingerprint density at radius 3 is 3.04 bits per heavy atom. The second-order valence-electron chi connectivity index (χ2n) is 8.56. The molecule has 2 aliphatic heterocycles. The number of aliphatic hydroxyl groups excluding tert-OH is 1. The van der Waals surface area contributed by atoms with Crippen LogP contribution in [0.3, 0.4) is 0 Å². The van der Waals surface area contributed by atoms with E-state index in [9.17, 15) is 9.90 Å². The van der Waals surface area contributed by atoms with E-state index in [2.05, 4.69) is 46.1 Å². The van der Waals surface area contributed by atoms with Gasteiger partial charge in [0.15, 0.2) is 0 Å². The van der Waals surface area contributed by atoms with Crippen LogP contribution in [0.15, 0.2) is 24.3 Å². The molecule has 1 aromatic heterocycles. The fourth-order valence-electron chi connectivity index (χ4n) is 5.47. The Hall–Kier alpha value is -2.11. The van der Waals surface area contributed by atoms with Crippen LogP contribution in [-0.2, 0) is 24.2 Å². The van der Waals surface area contributed by atoms with E-state index in [0.29, 0.717) is 6.04 Å². The van der Waals surface area contributed by atoms with Crippen LogP contribution in [0, 0.1) is 5.92 Å².